The first-order valence-electron chi connectivity index (χ1n) is 4.92. The molecule has 0 saturated carbocycles. The molecule has 0 amide bonds. The zero-order chi connectivity index (χ0) is 11.5. The molecule has 0 saturated heterocycles. The zero-order valence-electron chi connectivity index (χ0n) is 9.52. The summed E-state index contributed by atoms with van der Waals surface area (Å²) in [6, 6.07) is 7.60. The van der Waals surface area contributed by atoms with Crippen LogP contribution in [0, 0.1) is 0 Å². The van der Waals surface area contributed by atoms with Crippen LogP contribution in [0.4, 0.5) is 0 Å². The number of ether oxygens (including phenoxy) is 4. The first kappa shape index (κ1) is 10.8. The summed E-state index contributed by atoms with van der Waals surface area (Å²) in [5.74, 6) is 1.92. The average Bonchev–Trinajstić information content (AvgIpc) is 2.36. The fourth-order valence-electron chi connectivity index (χ4n) is 1.72. The summed E-state index contributed by atoms with van der Waals surface area (Å²) in [6.07, 6.45) is -0.560. The molecule has 1 aromatic rings. The number of rotatable bonds is 3. The van der Waals surface area contributed by atoms with E-state index in [1.807, 2.05) is 24.3 Å². The minimum atomic E-state index is -0.560. The first-order valence-corrected chi connectivity index (χ1v) is 4.92. The maximum Gasteiger partial charge on any atom is 0.262 e. The van der Waals surface area contributed by atoms with E-state index in [1.54, 1.807) is 21.3 Å². The Balaban J connectivity index is 2.54. The monoisotopic (exact) mass is 222 g/mol. The van der Waals surface area contributed by atoms with Gasteiger partial charge in [-0.3, -0.25) is 0 Å². The van der Waals surface area contributed by atoms with Gasteiger partial charge in [-0.25, -0.2) is 0 Å². The van der Waals surface area contributed by atoms with Crippen LogP contribution in [0.1, 0.15) is 5.56 Å². The second-order valence-electron chi connectivity index (χ2n) is 3.28. The summed E-state index contributed by atoms with van der Waals surface area (Å²) >= 11 is 0. The van der Waals surface area contributed by atoms with E-state index in [0.717, 1.165) is 11.3 Å². The predicted octanol–water partition coefficient (Wildman–Crippen LogP) is 2.01. The molecule has 1 aliphatic heterocycles. The lowest BCUT2D eigenvalue weighted by molar-refractivity contribution is -0.0613. The summed E-state index contributed by atoms with van der Waals surface area (Å²) in [4.78, 5) is 0. The minimum absolute atomic E-state index is 0.545. The lowest BCUT2D eigenvalue weighted by atomic mass is 10.1. The molecule has 16 heavy (non-hydrogen) atoms. The van der Waals surface area contributed by atoms with Gasteiger partial charge in [0.15, 0.2) is 5.76 Å². The quantitative estimate of drug-likeness (QED) is 0.784. The molecule has 1 aliphatic rings. The molecule has 4 nitrogen and oxygen atoms in total. The van der Waals surface area contributed by atoms with E-state index in [2.05, 4.69) is 0 Å². The maximum absolute atomic E-state index is 5.63. The van der Waals surface area contributed by atoms with Gasteiger partial charge < -0.3 is 18.9 Å². The lowest BCUT2D eigenvalue weighted by Crippen LogP contribution is -2.27. The molecule has 0 aromatic heterocycles. The highest BCUT2D eigenvalue weighted by molar-refractivity contribution is 5.69. The van der Waals surface area contributed by atoms with Gasteiger partial charge in [-0.1, -0.05) is 12.1 Å². The molecular weight excluding hydrogens is 208 g/mol. The molecule has 1 heterocycles. The third kappa shape index (κ3) is 1.61. The minimum Gasteiger partial charge on any atom is -0.492 e. The molecule has 4 heteroatoms. The van der Waals surface area contributed by atoms with Crippen molar-refractivity contribution in [1.29, 1.82) is 0 Å². The topological polar surface area (TPSA) is 36.9 Å². The molecule has 0 fully saturated rings. The normalized spacial score (nSPS) is 18.8. The second-order valence-corrected chi connectivity index (χ2v) is 3.28. The van der Waals surface area contributed by atoms with E-state index in [-0.39, 0.29) is 0 Å². The lowest BCUT2D eigenvalue weighted by Gasteiger charge is -2.27. The van der Waals surface area contributed by atoms with Crippen molar-refractivity contribution in [1.82, 2.24) is 0 Å². The van der Waals surface area contributed by atoms with Crippen molar-refractivity contribution in [3.05, 3.63) is 35.6 Å². The van der Waals surface area contributed by atoms with Gasteiger partial charge in [-0.15, -0.1) is 0 Å². The summed E-state index contributed by atoms with van der Waals surface area (Å²) < 4.78 is 21.4. The van der Waals surface area contributed by atoms with Crippen LogP contribution >= 0.6 is 0 Å². The van der Waals surface area contributed by atoms with Gasteiger partial charge >= 0.3 is 0 Å². The Morgan fingerprint density at radius 2 is 1.81 bits per heavy atom. The van der Waals surface area contributed by atoms with E-state index in [0.29, 0.717) is 11.5 Å². The Morgan fingerprint density at radius 1 is 1.06 bits per heavy atom. The maximum atomic E-state index is 5.63. The number of para-hydroxylation sites is 1. The number of methoxy groups -OCH3 is 3. The highest BCUT2D eigenvalue weighted by atomic mass is 16.7. The number of benzene rings is 1. The van der Waals surface area contributed by atoms with Gasteiger partial charge in [-0.2, -0.15) is 0 Å². The van der Waals surface area contributed by atoms with Crippen molar-refractivity contribution in [2.75, 3.05) is 21.3 Å². The van der Waals surface area contributed by atoms with Crippen molar-refractivity contribution < 1.29 is 18.9 Å². The SMILES string of the molecule is COC1=C(OC)C(OC)Oc2ccccc21. The number of fused-ring (bicyclic) bond motifs is 1. The highest BCUT2D eigenvalue weighted by Crippen LogP contribution is 2.36. The highest BCUT2D eigenvalue weighted by Gasteiger charge is 2.30. The average molecular weight is 222 g/mol. The molecule has 0 N–H and O–H groups in total. The van der Waals surface area contributed by atoms with Gasteiger partial charge in [0, 0.05) is 7.11 Å². The Kier molecular flexibility index (Phi) is 3.01. The molecular formula is C12H14O4. The van der Waals surface area contributed by atoms with E-state index in [4.69, 9.17) is 18.9 Å². The van der Waals surface area contributed by atoms with Crippen LogP contribution in [0.3, 0.4) is 0 Å². The van der Waals surface area contributed by atoms with E-state index >= 15 is 0 Å². The molecule has 1 atom stereocenters. The molecule has 0 bridgehead atoms. The summed E-state index contributed by atoms with van der Waals surface area (Å²) in [6.45, 7) is 0. The van der Waals surface area contributed by atoms with E-state index in [9.17, 15) is 0 Å². The summed E-state index contributed by atoms with van der Waals surface area (Å²) in [5, 5.41) is 0. The summed E-state index contributed by atoms with van der Waals surface area (Å²) in [5.41, 5.74) is 0.871. The van der Waals surface area contributed by atoms with Crippen molar-refractivity contribution >= 4 is 5.76 Å². The molecule has 0 radical (unpaired) electrons. The van der Waals surface area contributed by atoms with Crippen molar-refractivity contribution in [2.24, 2.45) is 0 Å². The van der Waals surface area contributed by atoms with Crippen molar-refractivity contribution in [3.8, 4) is 5.75 Å². The van der Waals surface area contributed by atoms with Gasteiger partial charge in [0.2, 0.25) is 5.76 Å². The molecule has 0 spiro atoms. The fraction of sp³-hybridized carbons (Fsp3) is 0.333. The summed E-state index contributed by atoms with van der Waals surface area (Å²) in [7, 11) is 4.73. The zero-order valence-corrected chi connectivity index (χ0v) is 9.52. The van der Waals surface area contributed by atoms with Crippen LogP contribution in [-0.2, 0) is 14.2 Å². The number of hydrogen-bond acceptors (Lipinski definition) is 4. The van der Waals surface area contributed by atoms with E-state index in [1.165, 1.54) is 0 Å². The van der Waals surface area contributed by atoms with Crippen LogP contribution in [0.15, 0.2) is 30.0 Å². The van der Waals surface area contributed by atoms with Crippen LogP contribution in [0.5, 0.6) is 5.75 Å². The Labute approximate surface area is 94.4 Å². The first-order chi connectivity index (χ1) is 7.81. The largest absolute Gasteiger partial charge is 0.492 e. The van der Waals surface area contributed by atoms with Crippen molar-refractivity contribution in [2.45, 2.75) is 6.29 Å². The smallest absolute Gasteiger partial charge is 0.262 e. The Hall–Kier alpha value is -1.68. The standard InChI is InChI=1S/C12H14O4/c1-13-10-8-6-4-5-7-9(8)16-12(15-3)11(10)14-2/h4-7,12H,1-3H3. The van der Waals surface area contributed by atoms with Crippen LogP contribution in [0.25, 0.3) is 5.76 Å². The fourth-order valence-corrected chi connectivity index (χ4v) is 1.72. The van der Waals surface area contributed by atoms with Gasteiger partial charge in [0.05, 0.1) is 19.8 Å². The number of hydrogen-bond donors (Lipinski definition) is 0. The molecule has 86 valence electrons. The Morgan fingerprint density at radius 3 is 2.44 bits per heavy atom. The van der Waals surface area contributed by atoms with Crippen LogP contribution < -0.4 is 4.74 Å². The van der Waals surface area contributed by atoms with Gasteiger partial charge in [-0.05, 0) is 12.1 Å². The predicted molar refractivity (Wildman–Crippen MR) is 58.8 cm³/mol. The molecule has 1 aromatic carbocycles. The molecule has 0 aliphatic carbocycles. The third-order valence-electron chi connectivity index (χ3n) is 2.44. The molecule has 2 rings (SSSR count). The van der Waals surface area contributed by atoms with Gasteiger partial charge in [0.25, 0.3) is 6.29 Å². The van der Waals surface area contributed by atoms with Gasteiger partial charge in [0.1, 0.15) is 5.75 Å². The second kappa shape index (κ2) is 4.45. The van der Waals surface area contributed by atoms with Crippen LogP contribution in [-0.4, -0.2) is 27.6 Å². The third-order valence-corrected chi connectivity index (χ3v) is 2.44. The van der Waals surface area contributed by atoms with E-state index < -0.39 is 6.29 Å². The molecule has 1 unspecified atom stereocenters. The van der Waals surface area contributed by atoms with Crippen LogP contribution in [0.2, 0.25) is 0 Å². The Bertz CT molecular complexity index is 411. The van der Waals surface area contributed by atoms with Crippen molar-refractivity contribution in [3.63, 3.8) is 0 Å².